The highest BCUT2D eigenvalue weighted by atomic mass is 16.5. The fourth-order valence-corrected chi connectivity index (χ4v) is 2.70. The molecule has 0 aliphatic heterocycles. The first-order valence-corrected chi connectivity index (χ1v) is 7.51. The van der Waals surface area contributed by atoms with E-state index in [1.54, 1.807) is 7.11 Å². The van der Waals surface area contributed by atoms with Crippen LogP contribution in [0.5, 0.6) is 5.75 Å². The molecule has 1 aromatic carbocycles. The first-order chi connectivity index (χ1) is 9.15. The summed E-state index contributed by atoms with van der Waals surface area (Å²) in [5.41, 5.74) is 4.12. The molecule has 0 atom stereocenters. The van der Waals surface area contributed by atoms with Gasteiger partial charge in [-0.05, 0) is 68.3 Å². The van der Waals surface area contributed by atoms with Crippen molar-refractivity contribution >= 4 is 0 Å². The highest BCUT2D eigenvalue weighted by Crippen LogP contribution is 2.31. The maximum Gasteiger partial charge on any atom is 0.122 e. The standard InChI is InChI=1S/C17H27NO/c1-5-10-18(11-15-6-7-15)12-16-8-9-17(19-4)14(3)13(16)2/h8-9,15H,5-7,10-12H2,1-4H3. The second kappa shape index (κ2) is 6.42. The third kappa shape index (κ3) is 3.73. The zero-order chi connectivity index (χ0) is 13.8. The Balaban J connectivity index is 2.09. The molecule has 1 aromatic rings. The minimum Gasteiger partial charge on any atom is -0.496 e. The van der Waals surface area contributed by atoms with Crippen molar-refractivity contribution in [3.05, 3.63) is 28.8 Å². The van der Waals surface area contributed by atoms with Gasteiger partial charge in [0.1, 0.15) is 5.75 Å². The van der Waals surface area contributed by atoms with Crippen LogP contribution in [0.2, 0.25) is 0 Å². The Kier molecular flexibility index (Phi) is 4.87. The quantitative estimate of drug-likeness (QED) is 0.737. The zero-order valence-electron chi connectivity index (χ0n) is 12.8. The third-order valence-corrected chi connectivity index (χ3v) is 4.22. The predicted octanol–water partition coefficient (Wildman–Crippen LogP) is 3.93. The van der Waals surface area contributed by atoms with Crippen LogP contribution in [0, 0.1) is 19.8 Å². The number of methoxy groups -OCH3 is 1. The normalized spacial score (nSPS) is 15.0. The number of ether oxygens (including phenoxy) is 1. The molecule has 0 N–H and O–H groups in total. The fourth-order valence-electron chi connectivity index (χ4n) is 2.70. The van der Waals surface area contributed by atoms with Crippen LogP contribution < -0.4 is 4.74 Å². The molecular formula is C17H27NO. The summed E-state index contributed by atoms with van der Waals surface area (Å²) in [5, 5.41) is 0. The van der Waals surface area contributed by atoms with Crippen LogP contribution in [0.15, 0.2) is 12.1 Å². The van der Waals surface area contributed by atoms with Crippen molar-refractivity contribution < 1.29 is 4.74 Å². The molecule has 1 aliphatic carbocycles. The van der Waals surface area contributed by atoms with E-state index in [9.17, 15) is 0 Å². The summed E-state index contributed by atoms with van der Waals surface area (Å²) in [4.78, 5) is 2.62. The van der Waals surface area contributed by atoms with Crippen LogP contribution in [0.25, 0.3) is 0 Å². The molecule has 2 heteroatoms. The molecule has 1 saturated carbocycles. The maximum atomic E-state index is 5.39. The molecule has 0 bridgehead atoms. The molecule has 0 amide bonds. The third-order valence-electron chi connectivity index (χ3n) is 4.22. The lowest BCUT2D eigenvalue weighted by Gasteiger charge is -2.23. The summed E-state index contributed by atoms with van der Waals surface area (Å²) in [6.07, 6.45) is 4.10. The van der Waals surface area contributed by atoms with Crippen LogP contribution >= 0.6 is 0 Å². The molecule has 0 saturated heterocycles. The summed E-state index contributed by atoms with van der Waals surface area (Å²) in [6, 6.07) is 4.34. The number of hydrogen-bond acceptors (Lipinski definition) is 2. The van der Waals surface area contributed by atoms with Crippen molar-refractivity contribution in [2.45, 2.75) is 46.6 Å². The largest absolute Gasteiger partial charge is 0.496 e. The van der Waals surface area contributed by atoms with Gasteiger partial charge in [-0.2, -0.15) is 0 Å². The first-order valence-electron chi connectivity index (χ1n) is 7.51. The van der Waals surface area contributed by atoms with E-state index in [2.05, 4.69) is 37.8 Å². The average Bonchev–Trinajstić information content (AvgIpc) is 3.19. The molecule has 0 aromatic heterocycles. The van der Waals surface area contributed by atoms with Gasteiger partial charge in [0.05, 0.1) is 7.11 Å². The monoisotopic (exact) mass is 261 g/mol. The summed E-state index contributed by atoms with van der Waals surface area (Å²) in [5.74, 6) is 1.97. The number of hydrogen-bond donors (Lipinski definition) is 0. The van der Waals surface area contributed by atoms with E-state index in [1.807, 2.05) is 0 Å². The van der Waals surface area contributed by atoms with Gasteiger partial charge in [-0.3, -0.25) is 4.90 Å². The van der Waals surface area contributed by atoms with E-state index >= 15 is 0 Å². The van der Waals surface area contributed by atoms with E-state index in [1.165, 1.54) is 49.0 Å². The van der Waals surface area contributed by atoms with Gasteiger partial charge in [-0.1, -0.05) is 13.0 Å². The summed E-state index contributed by atoms with van der Waals surface area (Å²) < 4.78 is 5.39. The molecule has 0 heterocycles. The molecule has 1 fully saturated rings. The summed E-state index contributed by atoms with van der Waals surface area (Å²) in [7, 11) is 1.75. The Bertz CT molecular complexity index is 424. The lowest BCUT2D eigenvalue weighted by Crippen LogP contribution is -2.26. The van der Waals surface area contributed by atoms with Crippen molar-refractivity contribution in [2.75, 3.05) is 20.2 Å². The first kappa shape index (κ1) is 14.4. The van der Waals surface area contributed by atoms with E-state index < -0.39 is 0 Å². The highest BCUT2D eigenvalue weighted by Gasteiger charge is 2.24. The fraction of sp³-hybridized carbons (Fsp3) is 0.647. The van der Waals surface area contributed by atoms with Gasteiger partial charge in [0.2, 0.25) is 0 Å². The van der Waals surface area contributed by atoms with Crippen LogP contribution in [0.1, 0.15) is 42.9 Å². The topological polar surface area (TPSA) is 12.5 Å². The molecule has 2 rings (SSSR count). The smallest absolute Gasteiger partial charge is 0.122 e. The Morgan fingerprint density at radius 2 is 1.95 bits per heavy atom. The summed E-state index contributed by atoms with van der Waals surface area (Å²) >= 11 is 0. The van der Waals surface area contributed by atoms with Crippen LogP contribution in [-0.2, 0) is 6.54 Å². The Morgan fingerprint density at radius 1 is 1.21 bits per heavy atom. The maximum absolute atomic E-state index is 5.39. The van der Waals surface area contributed by atoms with Gasteiger partial charge in [0.15, 0.2) is 0 Å². The molecule has 0 radical (unpaired) electrons. The molecule has 19 heavy (non-hydrogen) atoms. The van der Waals surface area contributed by atoms with E-state index in [4.69, 9.17) is 4.74 Å². The molecule has 2 nitrogen and oxygen atoms in total. The van der Waals surface area contributed by atoms with Crippen molar-refractivity contribution in [1.29, 1.82) is 0 Å². The van der Waals surface area contributed by atoms with Gasteiger partial charge in [-0.25, -0.2) is 0 Å². The molecule has 1 aliphatic rings. The molecular weight excluding hydrogens is 234 g/mol. The molecule has 0 unspecified atom stereocenters. The van der Waals surface area contributed by atoms with Gasteiger partial charge in [-0.15, -0.1) is 0 Å². The SMILES string of the molecule is CCCN(Cc1ccc(OC)c(C)c1C)CC1CC1. The van der Waals surface area contributed by atoms with Crippen molar-refractivity contribution in [1.82, 2.24) is 4.90 Å². The second-order valence-corrected chi connectivity index (χ2v) is 5.86. The second-order valence-electron chi connectivity index (χ2n) is 5.86. The lowest BCUT2D eigenvalue weighted by molar-refractivity contribution is 0.254. The van der Waals surface area contributed by atoms with E-state index in [0.29, 0.717) is 0 Å². The Labute approximate surface area is 117 Å². The van der Waals surface area contributed by atoms with Crippen molar-refractivity contribution in [2.24, 2.45) is 5.92 Å². The predicted molar refractivity (Wildman–Crippen MR) is 80.8 cm³/mol. The average molecular weight is 261 g/mol. The zero-order valence-corrected chi connectivity index (χ0v) is 12.8. The van der Waals surface area contributed by atoms with Crippen LogP contribution in [0.3, 0.4) is 0 Å². The van der Waals surface area contributed by atoms with Crippen LogP contribution in [0.4, 0.5) is 0 Å². The van der Waals surface area contributed by atoms with Gasteiger partial charge >= 0.3 is 0 Å². The molecule has 106 valence electrons. The van der Waals surface area contributed by atoms with Crippen molar-refractivity contribution in [3.8, 4) is 5.75 Å². The summed E-state index contributed by atoms with van der Waals surface area (Å²) in [6.45, 7) is 10.2. The van der Waals surface area contributed by atoms with Crippen molar-refractivity contribution in [3.63, 3.8) is 0 Å². The highest BCUT2D eigenvalue weighted by molar-refractivity contribution is 5.43. The Morgan fingerprint density at radius 3 is 2.53 bits per heavy atom. The molecule has 0 spiro atoms. The number of rotatable bonds is 7. The van der Waals surface area contributed by atoms with E-state index in [0.717, 1.165) is 18.2 Å². The lowest BCUT2D eigenvalue weighted by atomic mass is 10.0. The number of nitrogens with zero attached hydrogens (tertiary/aromatic N) is 1. The Hall–Kier alpha value is -1.02. The van der Waals surface area contributed by atoms with Gasteiger partial charge in [0.25, 0.3) is 0 Å². The van der Waals surface area contributed by atoms with Crippen LogP contribution in [-0.4, -0.2) is 25.1 Å². The van der Waals surface area contributed by atoms with Gasteiger partial charge < -0.3 is 4.74 Å². The number of benzene rings is 1. The van der Waals surface area contributed by atoms with E-state index in [-0.39, 0.29) is 0 Å². The van der Waals surface area contributed by atoms with Gasteiger partial charge in [0, 0.05) is 13.1 Å². The minimum atomic E-state index is 0.964. The minimum absolute atomic E-state index is 0.964.